The first-order valence-electron chi connectivity index (χ1n) is 8.84. The molecule has 5 aliphatic rings. The average molecular weight is 362 g/mol. The Morgan fingerprint density at radius 3 is 2.71 bits per heavy atom. The molecule has 5 heteroatoms. The van der Waals surface area contributed by atoms with Crippen LogP contribution in [0.25, 0.3) is 0 Å². The Labute approximate surface area is 152 Å². The van der Waals surface area contributed by atoms with Crippen LogP contribution in [0.15, 0.2) is 53.1 Å². The predicted molar refractivity (Wildman–Crippen MR) is 98.7 cm³/mol. The quantitative estimate of drug-likeness (QED) is 0.424. The summed E-state index contributed by atoms with van der Waals surface area (Å²) in [6.07, 6.45) is 19.0. The van der Waals surface area contributed by atoms with Crippen molar-refractivity contribution < 1.29 is 0 Å². The second kappa shape index (κ2) is 5.76. The third-order valence-corrected chi connectivity index (χ3v) is 6.77. The van der Waals surface area contributed by atoms with Gasteiger partial charge in [0.25, 0.3) is 0 Å². The summed E-state index contributed by atoms with van der Waals surface area (Å²) >= 11 is 12.3. The van der Waals surface area contributed by atoms with E-state index in [1.54, 1.807) is 0 Å². The zero-order chi connectivity index (χ0) is 16.3. The Bertz CT molecular complexity index is 693. The zero-order valence-electron chi connectivity index (χ0n) is 13.3. The van der Waals surface area contributed by atoms with Gasteiger partial charge in [0, 0.05) is 5.92 Å². The summed E-state index contributed by atoms with van der Waals surface area (Å²) in [6.45, 7) is 0. The fourth-order valence-corrected chi connectivity index (χ4v) is 5.89. The highest BCUT2D eigenvalue weighted by Gasteiger charge is 2.48. The number of allylic oxidation sites excluding steroid dienone is 7. The molecule has 0 aromatic carbocycles. The van der Waals surface area contributed by atoms with E-state index in [1.165, 1.54) is 12.0 Å². The molecule has 8 unspecified atom stereocenters. The number of aliphatic imine (C=N–C) groups is 1. The lowest BCUT2D eigenvalue weighted by atomic mass is 9.53. The van der Waals surface area contributed by atoms with Crippen molar-refractivity contribution in [3.63, 3.8) is 0 Å². The summed E-state index contributed by atoms with van der Waals surface area (Å²) in [4.78, 5) is 4.55. The fraction of sp³-hybridized carbons (Fsp3) is 0.526. The van der Waals surface area contributed by atoms with Crippen LogP contribution in [0.5, 0.6) is 0 Å². The molecule has 0 amide bonds. The van der Waals surface area contributed by atoms with Crippen LogP contribution in [-0.2, 0) is 0 Å². The van der Waals surface area contributed by atoms with E-state index in [4.69, 9.17) is 23.2 Å². The van der Waals surface area contributed by atoms with Crippen LogP contribution in [0, 0.1) is 35.5 Å². The average Bonchev–Trinajstić information content (AvgIpc) is 2.58. The van der Waals surface area contributed by atoms with Crippen LogP contribution in [0.3, 0.4) is 0 Å². The van der Waals surface area contributed by atoms with Gasteiger partial charge in [0.2, 0.25) is 0 Å². The zero-order valence-corrected chi connectivity index (χ0v) is 14.8. The Hall–Kier alpha value is -1.03. The van der Waals surface area contributed by atoms with Crippen molar-refractivity contribution >= 4 is 28.5 Å². The molecule has 3 nitrogen and oxygen atoms in total. The number of halogens is 2. The summed E-state index contributed by atoms with van der Waals surface area (Å²) in [5.74, 6) is 3.73. The fourth-order valence-electron chi connectivity index (χ4n) is 5.40. The van der Waals surface area contributed by atoms with E-state index in [-0.39, 0.29) is 11.8 Å². The maximum atomic E-state index is 6.22. The lowest BCUT2D eigenvalue weighted by molar-refractivity contribution is 0.107. The van der Waals surface area contributed by atoms with E-state index < -0.39 is 0 Å². The second-order valence-corrected chi connectivity index (χ2v) is 8.25. The first-order chi connectivity index (χ1) is 11.7. The number of nitrogens with zero attached hydrogens (tertiary/aromatic N) is 1. The van der Waals surface area contributed by atoms with Gasteiger partial charge in [-0.1, -0.05) is 54.1 Å². The summed E-state index contributed by atoms with van der Waals surface area (Å²) in [5.41, 5.74) is 0.954. The minimum Gasteiger partial charge on any atom is -0.332 e. The van der Waals surface area contributed by atoms with Crippen molar-refractivity contribution in [2.24, 2.45) is 40.5 Å². The summed E-state index contributed by atoms with van der Waals surface area (Å²) in [6, 6.07) is 0. The Morgan fingerprint density at radius 2 is 1.83 bits per heavy atom. The molecule has 1 aliphatic heterocycles. The van der Waals surface area contributed by atoms with Crippen molar-refractivity contribution in [1.82, 2.24) is 10.6 Å². The number of hydrogen-bond donors (Lipinski definition) is 2. The molecule has 0 radical (unpaired) electrons. The van der Waals surface area contributed by atoms with Crippen molar-refractivity contribution in [2.75, 3.05) is 0 Å². The molecule has 0 saturated heterocycles. The summed E-state index contributed by atoms with van der Waals surface area (Å²) < 4.78 is 0. The lowest BCUT2D eigenvalue weighted by Crippen LogP contribution is -2.53. The standard InChI is InChI=1S/C19H21Cl2N3/c20-18-22-17(23-19(21)24-18)14-9-7-12-5-4-10-2-1-3-11-6-8-13(14)16(12)15(10)11/h1-2,4-6,8-13,15-18,22H,3,7H2,(H,23,24). The third kappa shape index (κ3) is 2.33. The van der Waals surface area contributed by atoms with Gasteiger partial charge in [-0.25, -0.2) is 4.99 Å². The molecule has 0 aromatic heterocycles. The summed E-state index contributed by atoms with van der Waals surface area (Å²) in [5, 5.41) is 6.60. The molecule has 126 valence electrons. The van der Waals surface area contributed by atoms with E-state index in [0.717, 1.165) is 12.3 Å². The molecule has 1 heterocycles. The molecule has 0 spiro atoms. The van der Waals surface area contributed by atoms with Crippen LogP contribution in [0.4, 0.5) is 0 Å². The third-order valence-electron chi connectivity index (χ3n) is 6.32. The molecular weight excluding hydrogens is 341 g/mol. The van der Waals surface area contributed by atoms with Crippen LogP contribution in [0.1, 0.15) is 12.8 Å². The normalized spacial score (nSPS) is 48.2. The highest BCUT2D eigenvalue weighted by Crippen LogP contribution is 2.54. The van der Waals surface area contributed by atoms with E-state index in [1.807, 2.05) is 0 Å². The topological polar surface area (TPSA) is 36.4 Å². The Morgan fingerprint density at radius 1 is 1.00 bits per heavy atom. The van der Waals surface area contributed by atoms with Crippen molar-refractivity contribution in [3.05, 3.63) is 48.1 Å². The van der Waals surface area contributed by atoms with Crippen LogP contribution < -0.4 is 10.6 Å². The monoisotopic (exact) mass is 361 g/mol. The highest BCUT2D eigenvalue weighted by atomic mass is 35.5. The van der Waals surface area contributed by atoms with Gasteiger partial charge in [0.15, 0.2) is 10.9 Å². The lowest BCUT2D eigenvalue weighted by Gasteiger charge is -2.52. The van der Waals surface area contributed by atoms with Crippen LogP contribution in [-0.4, -0.2) is 17.1 Å². The van der Waals surface area contributed by atoms with Gasteiger partial charge in [-0.3, -0.25) is 5.32 Å². The molecular formula is C19H21Cl2N3. The van der Waals surface area contributed by atoms with Gasteiger partial charge in [-0.05, 0) is 59.6 Å². The maximum absolute atomic E-state index is 6.22. The molecule has 5 rings (SSSR count). The number of amidine groups is 1. The molecule has 24 heavy (non-hydrogen) atoms. The molecule has 8 atom stereocenters. The minimum absolute atomic E-state index is 0.128. The molecule has 4 aliphatic carbocycles. The minimum atomic E-state index is -0.379. The summed E-state index contributed by atoms with van der Waals surface area (Å²) in [7, 11) is 0. The SMILES string of the molecule is ClC1=NC(C2=CCC3C=CC4C=CCC5C=CC2C3C45)NC(Cl)N1. The second-order valence-electron chi connectivity index (χ2n) is 7.46. The number of alkyl halides is 1. The number of hydrogen-bond acceptors (Lipinski definition) is 3. The van der Waals surface area contributed by atoms with Crippen molar-refractivity contribution in [2.45, 2.75) is 24.6 Å². The predicted octanol–water partition coefficient (Wildman–Crippen LogP) is 3.75. The van der Waals surface area contributed by atoms with Gasteiger partial charge >= 0.3 is 0 Å². The first-order valence-corrected chi connectivity index (χ1v) is 9.65. The Balaban J connectivity index is 1.54. The van der Waals surface area contributed by atoms with Gasteiger partial charge in [0.05, 0.1) is 0 Å². The molecule has 0 bridgehead atoms. The van der Waals surface area contributed by atoms with Gasteiger partial charge in [-0.2, -0.15) is 0 Å². The molecule has 0 aromatic rings. The van der Waals surface area contributed by atoms with Crippen molar-refractivity contribution in [3.8, 4) is 0 Å². The van der Waals surface area contributed by atoms with Gasteiger partial charge in [-0.15, -0.1) is 0 Å². The van der Waals surface area contributed by atoms with Gasteiger partial charge in [0.1, 0.15) is 6.17 Å². The van der Waals surface area contributed by atoms with E-state index >= 15 is 0 Å². The van der Waals surface area contributed by atoms with E-state index in [2.05, 4.69) is 58.2 Å². The molecule has 0 fully saturated rings. The van der Waals surface area contributed by atoms with Crippen molar-refractivity contribution in [1.29, 1.82) is 0 Å². The van der Waals surface area contributed by atoms with Crippen LogP contribution >= 0.6 is 23.2 Å². The largest absolute Gasteiger partial charge is 0.332 e. The maximum Gasteiger partial charge on any atom is 0.195 e. The Kier molecular flexibility index (Phi) is 3.66. The highest BCUT2D eigenvalue weighted by molar-refractivity contribution is 6.65. The van der Waals surface area contributed by atoms with E-state index in [9.17, 15) is 0 Å². The number of rotatable bonds is 1. The first kappa shape index (κ1) is 15.2. The van der Waals surface area contributed by atoms with Gasteiger partial charge < -0.3 is 5.32 Å². The molecule has 2 N–H and O–H groups in total. The van der Waals surface area contributed by atoms with E-state index in [0.29, 0.717) is 34.9 Å². The number of nitrogens with one attached hydrogen (secondary N) is 2. The smallest absolute Gasteiger partial charge is 0.195 e. The molecule has 0 saturated carbocycles. The van der Waals surface area contributed by atoms with Crippen LogP contribution in [0.2, 0.25) is 0 Å².